The lowest BCUT2D eigenvalue weighted by atomic mass is 10.2. The third-order valence-corrected chi connectivity index (χ3v) is 3.85. The Kier molecular flexibility index (Phi) is 5.30. The number of nitro benzene ring substituents is 1. The van der Waals surface area contributed by atoms with E-state index < -0.39 is 10.9 Å². The third-order valence-electron chi connectivity index (χ3n) is 3.85. The van der Waals surface area contributed by atoms with Gasteiger partial charge in [-0.3, -0.25) is 14.9 Å². The van der Waals surface area contributed by atoms with Crippen molar-refractivity contribution in [3.8, 4) is 0 Å². The number of methoxy groups -OCH3 is 1. The van der Waals surface area contributed by atoms with Crippen LogP contribution in [0.15, 0.2) is 62.9 Å². The van der Waals surface area contributed by atoms with Crippen LogP contribution >= 0.6 is 0 Å². The zero-order valence-electron chi connectivity index (χ0n) is 15.6. The van der Waals surface area contributed by atoms with Crippen molar-refractivity contribution in [2.45, 2.75) is 13.8 Å². The topological polar surface area (TPSA) is 136 Å². The molecule has 0 spiro atoms. The number of benzene rings is 1. The number of hydrogen-bond acceptors (Lipinski definition) is 9. The molecular formula is C18H15N5O6. The Hall–Kier alpha value is -4.15. The van der Waals surface area contributed by atoms with E-state index in [4.69, 9.17) is 9.47 Å². The molecule has 0 aliphatic carbocycles. The first kappa shape index (κ1) is 19.6. The van der Waals surface area contributed by atoms with Crippen LogP contribution in [-0.4, -0.2) is 46.5 Å². The number of allylic oxidation sites excluding steroid dienone is 3. The number of amides is 1. The van der Waals surface area contributed by atoms with E-state index >= 15 is 0 Å². The van der Waals surface area contributed by atoms with Gasteiger partial charge in [0, 0.05) is 13.0 Å². The highest BCUT2D eigenvalue weighted by molar-refractivity contribution is 6.13. The summed E-state index contributed by atoms with van der Waals surface area (Å²) in [6, 6.07) is 5.78. The summed E-state index contributed by atoms with van der Waals surface area (Å²) in [5.74, 6) is -1.30. The molecule has 1 amide bonds. The van der Waals surface area contributed by atoms with Crippen LogP contribution in [0.2, 0.25) is 0 Å². The molecule has 0 fully saturated rings. The van der Waals surface area contributed by atoms with Gasteiger partial charge in [-0.25, -0.2) is 9.79 Å². The highest BCUT2D eigenvalue weighted by Crippen LogP contribution is 2.24. The van der Waals surface area contributed by atoms with E-state index in [-0.39, 0.29) is 34.8 Å². The number of para-hydroxylation sites is 1. The molecule has 0 N–H and O–H groups in total. The van der Waals surface area contributed by atoms with E-state index in [0.29, 0.717) is 11.4 Å². The summed E-state index contributed by atoms with van der Waals surface area (Å²) in [7, 11) is 1.35. The van der Waals surface area contributed by atoms with Crippen molar-refractivity contribution in [2.24, 2.45) is 15.1 Å². The van der Waals surface area contributed by atoms with E-state index in [0.717, 1.165) is 5.01 Å². The molecule has 0 bridgehead atoms. The van der Waals surface area contributed by atoms with E-state index in [2.05, 4.69) is 15.1 Å². The first-order valence-electron chi connectivity index (χ1n) is 8.27. The Labute approximate surface area is 164 Å². The van der Waals surface area contributed by atoms with E-state index in [1.807, 2.05) is 0 Å². The number of nitrogens with zero attached hydrogens (tertiary/aromatic N) is 5. The van der Waals surface area contributed by atoms with Gasteiger partial charge in [-0.05, 0) is 25.1 Å². The van der Waals surface area contributed by atoms with Gasteiger partial charge in [-0.2, -0.15) is 10.1 Å². The molecule has 1 aromatic rings. The van der Waals surface area contributed by atoms with Crippen molar-refractivity contribution in [1.82, 2.24) is 5.01 Å². The van der Waals surface area contributed by atoms with Crippen molar-refractivity contribution in [2.75, 3.05) is 7.11 Å². The minimum atomic E-state index is -0.762. The minimum Gasteiger partial charge on any atom is -0.467 e. The first-order chi connectivity index (χ1) is 13.8. The molecule has 11 nitrogen and oxygen atoms in total. The standard InChI is InChI=1S/C18H15N5O6/c1-10-13(20-18(28-3)22(21-10)11(2)24)8-9-14-17(25)29-16(19-14)12-6-4-5-7-15(12)23(26)27/h4-9H,1-3H3/b13-8-,14-9+. The summed E-state index contributed by atoms with van der Waals surface area (Å²) in [5.41, 5.74) is 0.546. The smallest absolute Gasteiger partial charge is 0.363 e. The summed E-state index contributed by atoms with van der Waals surface area (Å²) in [5, 5.41) is 16.3. The zero-order chi connectivity index (χ0) is 21.1. The van der Waals surface area contributed by atoms with Crippen LogP contribution in [0.3, 0.4) is 0 Å². The fraction of sp³-hybridized carbons (Fsp3) is 0.167. The van der Waals surface area contributed by atoms with Crippen molar-refractivity contribution >= 4 is 35.2 Å². The molecule has 2 aliphatic rings. The second kappa shape index (κ2) is 7.84. The lowest BCUT2D eigenvalue weighted by Gasteiger charge is -2.21. The average Bonchev–Trinajstić information content (AvgIpc) is 3.07. The van der Waals surface area contributed by atoms with Crippen molar-refractivity contribution in [3.63, 3.8) is 0 Å². The molecule has 2 aliphatic heterocycles. The quantitative estimate of drug-likeness (QED) is 0.331. The molecule has 0 saturated carbocycles. The Morgan fingerprint density at radius 1 is 1.24 bits per heavy atom. The fourth-order valence-corrected chi connectivity index (χ4v) is 2.48. The molecule has 0 radical (unpaired) electrons. The second-order valence-corrected chi connectivity index (χ2v) is 5.80. The summed E-state index contributed by atoms with van der Waals surface area (Å²) in [4.78, 5) is 42.5. The number of esters is 1. The van der Waals surface area contributed by atoms with Crippen LogP contribution in [0.25, 0.3) is 0 Å². The van der Waals surface area contributed by atoms with Crippen LogP contribution in [-0.2, 0) is 19.1 Å². The molecule has 0 saturated heterocycles. The van der Waals surface area contributed by atoms with Gasteiger partial charge in [0.25, 0.3) is 5.69 Å². The lowest BCUT2D eigenvalue weighted by Crippen LogP contribution is -2.35. The molecule has 1 aromatic carbocycles. The number of aliphatic imine (C=N–C) groups is 2. The second-order valence-electron chi connectivity index (χ2n) is 5.80. The molecule has 29 heavy (non-hydrogen) atoms. The Morgan fingerprint density at radius 3 is 2.59 bits per heavy atom. The first-order valence-corrected chi connectivity index (χ1v) is 8.27. The van der Waals surface area contributed by atoms with Gasteiger partial charge < -0.3 is 9.47 Å². The van der Waals surface area contributed by atoms with Crippen molar-refractivity contribution < 1.29 is 24.0 Å². The molecule has 2 heterocycles. The van der Waals surface area contributed by atoms with Gasteiger partial charge in [0.2, 0.25) is 11.8 Å². The maximum Gasteiger partial charge on any atom is 0.363 e. The number of cyclic esters (lactones) is 1. The number of hydrazone groups is 1. The normalized spacial score (nSPS) is 18.9. The highest BCUT2D eigenvalue weighted by Gasteiger charge is 2.29. The van der Waals surface area contributed by atoms with Gasteiger partial charge in [0.05, 0.1) is 23.4 Å². The lowest BCUT2D eigenvalue weighted by molar-refractivity contribution is -0.385. The molecule has 0 atom stereocenters. The molecule has 11 heteroatoms. The van der Waals surface area contributed by atoms with Gasteiger partial charge in [-0.15, -0.1) is 5.01 Å². The van der Waals surface area contributed by atoms with E-state index in [1.165, 1.54) is 44.4 Å². The fourth-order valence-electron chi connectivity index (χ4n) is 2.48. The third kappa shape index (κ3) is 3.93. The van der Waals surface area contributed by atoms with Crippen LogP contribution in [0, 0.1) is 10.1 Å². The van der Waals surface area contributed by atoms with Crippen molar-refractivity contribution in [3.05, 3.63) is 63.5 Å². The Morgan fingerprint density at radius 2 is 1.93 bits per heavy atom. The van der Waals surface area contributed by atoms with Gasteiger partial charge in [0.15, 0.2) is 5.70 Å². The highest BCUT2D eigenvalue weighted by atomic mass is 16.6. The Balaban J connectivity index is 1.95. The SMILES string of the molecule is COC1=N/C(=C\C=C2\N=C(c3ccccc3[N+](=O)[O-])OC2=O)C(C)=NN1C(C)=O. The number of nitro groups is 1. The number of carbonyl (C=O) groups is 2. The van der Waals surface area contributed by atoms with Crippen molar-refractivity contribution in [1.29, 1.82) is 0 Å². The van der Waals surface area contributed by atoms with E-state index in [1.54, 1.807) is 13.0 Å². The predicted octanol–water partition coefficient (Wildman–Crippen LogP) is 1.91. The largest absolute Gasteiger partial charge is 0.467 e. The monoisotopic (exact) mass is 397 g/mol. The summed E-state index contributed by atoms with van der Waals surface area (Å²) in [6.07, 6.45) is 2.80. The van der Waals surface area contributed by atoms with Crippen LogP contribution < -0.4 is 0 Å². The van der Waals surface area contributed by atoms with Gasteiger partial charge in [-0.1, -0.05) is 12.1 Å². The van der Waals surface area contributed by atoms with Crippen LogP contribution in [0.4, 0.5) is 5.69 Å². The van der Waals surface area contributed by atoms with Gasteiger partial charge in [0.1, 0.15) is 5.56 Å². The minimum absolute atomic E-state index is 0.0224. The molecule has 0 unspecified atom stereocenters. The summed E-state index contributed by atoms with van der Waals surface area (Å²) in [6.45, 7) is 2.95. The zero-order valence-corrected chi connectivity index (χ0v) is 15.6. The van der Waals surface area contributed by atoms with E-state index in [9.17, 15) is 19.7 Å². The van der Waals surface area contributed by atoms with Crippen LogP contribution in [0.1, 0.15) is 19.4 Å². The molecule has 148 valence electrons. The molecule has 3 rings (SSSR count). The Bertz CT molecular complexity index is 1070. The maximum absolute atomic E-state index is 12.1. The summed E-state index contributed by atoms with van der Waals surface area (Å²) >= 11 is 0. The summed E-state index contributed by atoms with van der Waals surface area (Å²) < 4.78 is 10.1. The number of rotatable bonds is 3. The van der Waals surface area contributed by atoms with Crippen LogP contribution in [0.5, 0.6) is 0 Å². The average molecular weight is 397 g/mol. The molecular weight excluding hydrogens is 382 g/mol. The van der Waals surface area contributed by atoms with Gasteiger partial charge >= 0.3 is 12.0 Å². The number of amidine groups is 1. The predicted molar refractivity (Wildman–Crippen MR) is 102 cm³/mol. The maximum atomic E-state index is 12.1. The molecule has 0 aromatic heterocycles. The number of carbonyl (C=O) groups excluding carboxylic acids is 2. The number of hydrogen-bond donors (Lipinski definition) is 0. The number of ether oxygens (including phenoxy) is 2.